The third-order valence-corrected chi connectivity index (χ3v) is 6.48. The van der Waals surface area contributed by atoms with Crippen molar-refractivity contribution >= 4 is 34.3 Å². The Kier molecular flexibility index (Phi) is 2.86. The molecule has 3 saturated heterocycles. The van der Waals surface area contributed by atoms with Gasteiger partial charge >= 0.3 is 6.03 Å². The molecule has 3 heterocycles. The molecule has 0 spiro atoms. The second-order valence-corrected chi connectivity index (χ2v) is 8.03. The van der Waals surface area contributed by atoms with Gasteiger partial charge in [-0.2, -0.15) is 0 Å². The molecule has 0 aromatic heterocycles. The van der Waals surface area contributed by atoms with Crippen molar-refractivity contribution in [1.82, 2.24) is 9.80 Å². The Balaban J connectivity index is 1.40. The van der Waals surface area contributed by atoms with E-state index in [1.807, 2.05) is 47.4 Å². The first-order valence-electron chi connectivity index (χ1n) is 9.59. The lowest BCUT2D eigenvalue weighted by atomic mass is 10.1. The van der Waals surface area contributed by atoms with Crippen LogP contribution >= 0.6 is 0 Å². The highest BCUT2D eigenvalue weighted by molar-refractivity contribution is 6.25. The van der Waals surface area contributed by atoms with Crippen LogP contribution in [0.1, 0.15) is 19.3 Å². The highest BCUT2D eigenvalue weighted by Crippen LogP contribution is 2.45. The Morgan fingerprint density at radius 2 is 1.78 bits per heavy atom. The normalized spacial score (nSPS) is 29.2. The lowest BCUT2D eigenvalue weighted by molar-refractivity contribution is -0.136. The van der Waals surface area contributed by atoms with Gasteiger partial charge < -0.3 is 9.80 Å². The average Bonchev–Trinajstić information content (AvgIpc) is 3.28. The zero-order valence-corrected chi connectivity index (χ0v) is 14.7. The van der Waals surface area contributed by atoms with E-state index in [1.54, 1.807) is 4.90 Å². The number of likely N-dealkylation sites (tertiary alicyclic amines) is 1. The predicted octanol–water partition coefficient (Wildman–Crippen LogP) is 2.37. The molecule has 1 aliphatic carbocycles. The molecule has 136 valence electrons. The summed E-state index contributed by atoms with van der Waals surface area (Å²) in [5.74, 6) is 0.113. The maximum Gasteiger partial charge on any atom is 0.332 e. The zero-order valence-electron chi connectivity index (χ0n) is 14.7. The predicted molar refractivity (Wildman–Crippen MR) is 99.1 cm³/mol. The summed E-state index contributed by atoms with van der Waals surface area (Å²) in [5, 5.41) is 1.89. The standard InChI is InChI=1S/C21H19N3O3/c25-19(13-8-9-13)22-11-14-10-17(22)18-20(26)24(21(27)23(14)18)16-7-3-5-12-4-1-2-6-15(12)16/h1-7,13-14,17-18H,8-11H2. The zero-order chi connectivity index (χ0) is 18.3. The van der Waals surface area contributed by atoms with Gasteiger partial charge in [-0.25, -0.2) is 9.69 Å². The van der Waals surface area contributed by atoms with E-state index >= 15 is 0 Å². The fraction of sp³-hybridized carbons (Fsp3) is 0.381. The second-order valence-electron chi connectivity index (χ2n) is 8.03. The van der Waals surface area contributed by atoms with Crippen LogP contribution in [0.15, 0.2) is 42.5 Å². The fourth-order valence-corrected chi connectivity index (χ4v) is 5.10. The summed E-state index contributed by atoms with van der Waals surface area (Å²) in [7, 11) is 0. The number of hydrogen-bond donors (Lipinski definition) is 0. The SMILES string of the molecule is O=C1C2C3CC(CN3C(=O)C3CC3)N2C(=O)N1c1cccc2ccccc12. The third-order valence-electron chi connectivity index (χ3n) is 6.48. The molecule has 6 nitrogen and oxygen atoms in total. The Morgan fingerprint density at radius 3 is 2.59 bits per heavy atom. The number of anilines is 1. The summed E-state index contributed by atoms with van der Waals surface area (Å²) in [4.78, 5) is 44.0. The van der Waals surface area contributed by atoms with Gasteiger partial charge in [0.25, 0.3) is 5.91 Å². The van der Waals surface area contributed by atoms with E-state index in [0.717, 1.165) is 30.0 Å². The van der Waals surface area contributed by atoms with E-state index in [2.05, 4.69) is 0 Å². The molecule has 27 heavy (non-hydrogen) atoms. The third kappa shape index (κ3) is 1.93. The Bertz CT molecular complexity index is 1010. The molecule has 6 heteroatoms. The number of rotatable bonds is 2. The number of urea groups is 1. The lowest BCUT2D eigenvalue weighted by Crippen LogP contribution is -2.55. The number of benzene rings is 2. The van der Waals surface area contributed by atoms with Crippen molar-refractivity contribution in [2.24, 2.45) is 5.92 Å². The van der Waals surface area contributed by atoms with Crippen molar-refractivity contribution in [3.8, 4) is 0 Å². The molecule has 0 N–H and O–H groups in total. The molecule has 3 atom stereocenters. The first-order chi connectivity index (χ1) is 13.1. The van der Waals surface area contributed by atoms with E-state index in [4.69, 9.17) is 0 Å². The van der Waals surface area contributed by atoms with E-state index in [0.29, 0.717) is 12.2 Å². The summed E-state index contributed by atoms with van der Waals surface area (Å²) >= 11 is 0. The van der Waals surface area contributed by atoms with Gasteiger partial charge in [0.05, 0.1) is 17.8 Å². The number of carbonyl (C=O) groups is 3. The number of amides is 4. The van der Waals surface area contributed by atoms with Crippen molar-refractivity contribution in [2.75, 3.05) is 11.4 Å². The highest BCUT2D eigenvalue weighted by atomic mass is 16.2. The molecule has 2 aromatic carbocycles. The Labute approximate surface area is 156 Å². The van der Waals surface area contributed by atoms with Crippen molar-refractivity contribution in [3.05, 3.63) is 42.5 Å². The van der Waals surface area contributed by atoms with Gasteiger partial charge in [0.2, 0.25) is 5.91 Å². The van der Waals surface area contributed by atoms with Gasteiger partial charge in [0.1, 0.15) is 6.04 Å². The molecular formula is C21H19N3O3. The van der Waals surface area contributed by atoms with Crippen LogP contribution in [0.2, 0.25) is 0 Å². The maximum atomic E-state index is 13.3. The average molecular weight is 361 g/mol. The molecule has 4 fully saturated rings. The van der Waals surface area contributed by atoms with Crippen LogP contribution in [-0.4, -0.2) is 52.3 Å². The number of imide groups is 1. The number of hydrogen-bond acceptors (Lipinski definition) is 3. The summed E-state index contributed by atoms with van der Waals surface area (Å²) in [5.41, 5.74) is 0.636. The first-order valence-corrected chi connectivity index (χ1v) is 9.59. The summed E-state index contributed by atoms with van der Waals surface area (Å²) < 4.78 is 0. The maximum absolute atomic E-state index is 13.3. The topological polar surface area (TPSA) is 60.9 Å². The van der Waals surface area contributed by atoms with E-state index in [-0.39, 0.29) is 35.8 Å². The van der Waals surface area contributed by atoms with E-state index in [1.165, 1.54) is 4.90 Å². The van der Waals surface area contributed by atoms with Gasteiger partial charge in [-0.1, -0.05) is 36.4 Å². The summed E-state index contributed by atoms with van der Waals surface area (Å²) in [6.45, 7) is 0.568. The van der Waals surface area contributed by atoms with Crippen molar-refractivity contribution in [3.63, 3.8) is 0 Å². The minimum absolute atomic E-state index is 0.0425. The van der Waals surface area contributed by atoms with Crippen LogP contribution in [0.3, 0.4) is 0 Å². The van der Waals surface area contributed by atoms with Gasteiger partial charge in [-0.15, -0.1) is 0 Å². The summed E-state index contributed by atoms with van der Waals surface area (Å²) in [6.07, 6.45) is 2.64. The fourth-order valence-electron chi connectivity index (χ4n) is 5.10. The van der Waals surface area contributed by atoms with Crippen LogP contribution in [0.25, 0.3) is 10.8 Å². The molecule has 1 saturated carbocycles. The Hall–Kier alpha value is -2.89. The molecule has 6 rings (SSSR count). The van der Waals surface area contributed by atoms with Crippen LogP contribution in [0, 0.1) is 5.92 Å². The van der Waals surface area contributed by atoms with Crippen LogP contribution in [-0.2, 0) is 9.59 Å². The van der Waals surface area contributed by atoms with Crippen molar-refractivity contribution < 1.29 is 14.4 Å². The largest absolute Gasteiger partial charge is 0.335 e. The number of fused-ring (bicyclic) bond motifs is 6. The molecule has 2 bridgehead atoms. The lowest BCUT2D eigenvalue weighted by Gasteiger charge is -2.35. The number of nitrogens with zero attached hydrogens (tertiary/aromatic N) is 3. The molecule has 3 aliphatic heterocycles. The first kappa shape index (κ1) is 15.2. The van der Waals surface area contributed by atoms with Crippen LogP contribution in [0.5, 0.6) is 0 Å². The van der Waals surface area contributed by atoms with Crippen molar-refractivity contribution in [1.29, 1.82) is 0 Å². The number of carbonyl (C=O) groups excluding carboxylic acids is 3. The minimum atomic E-state index is -0.530. The minimum Gasteiger partial charge on any atom is -0.335 e. The van der Waals surface area contributed by atoms with Gasteiger partial charge in [-0.05, 0) is 30.7 Å². The quantitative estimate of drug-likeness (QED) is 0.772. The summed E-state index contributed by atoms with van der Waals surface area (Å²) in [6, 6.07) is 12.5. The molecule has 4 amide bonds. The van der Waals surface area contributed by atoms with E-state index in [9.17, 15) is 14.4 Å². The highest BCUT2D eigenvalue weighted by Gasteiger charge is 2.63. The van der Waals surface area contributed by atoms with Gasteiger partial charge in [0.15, 0.2) is 0 Å². The number of piperazine rings is 1. The van der Waals surface area contributed by atoms with Crippen LogP contribution < -0.4 is 4.90 Å². The van der Waals surface area contributed by atoms with Gasteiger partial charge in [-0.3, -0.25) is 9.59 Å². The molecule has 0 radical (unpaired) electrons. The second kappa shape index (κ2) is 5.09. The van der Waals surface area contributed by atoms with Crippen LogP contribution in [0.4, 0.5) is 10.5 Å². The Morgan fingerprint density at radius 1 is 1.00 bits per heavy atom. The molecule has 2 aromatic rings. The molecule has 3 unspecified atom stereocenters. The molecule has 4 aliphatic rings. The van der Waals surface area contributed by atoms with Crippen molar-refractivity contribution in [2.45, 2.75) is 37.4 Å². The van der Waals surface area contributed by atoms with E-state index < -0.39 is 6.04 Å². The molecular weight excluding hydrogens is 342 g/mol. The van der Waals surface area contributed by atoms with Gasteiger partial charge in [0, 0.05) is 17.8 Å². The smallest absolute Gasteiger partial charge is 0.332 e. The monoisotopic (exact) mass is 361 g/mol.